The number of phenolic OH excluding ortho intramolecular Hbond substituents is 1. The van der Waals surface area contributed by atoms with E-state index in [2.05, 4.69) is 10.5 Å². The van der Waals surface area contributed by atoms with Crippen molar-refractivity contribution in [2.75, 3.05) is 7.11 Å². The number of nitro groups is 1. The van der Waals surface area contributed by atoms with Crippen LogP contribution in [0.4, 0.5) is 5.69 Å². The molecular weight excluding hydrogens is 318 g/mol. The van der Waals surface area contributed by atoms with Crippen LogP contribution in [-0.2, 0) is 0 Å². The van der Waals surface area contributed by atoms with E-state index >= 15 is 0 Å². The predicted molar refractivity (Wildman–Crippen MR) is 82.3 cm³/mol. The summed E-state index contributed by atoms with van der Waals surface area (Å²) in [5.74, 6) is -1.55. The molecule has 0 spiro atoms. The number of benzene rings is 2. The number of carbonyl (C=O) groups is 1. The quantitative estimate of drug-likeness (QED) is 0.479. The summed E-state index contributed by atoms with van der Waals surface area (Å²) < 4.78 is 4.79. The molecule has 0 aliphatic rings. The van der Waals surface area contributed by atoms with E-state index in [0.29, 0.717) is 0 Å². The Labute approximate surface area is 136 Å². The van der Waals surface area contributed by atoms with Gasteiger partial charge in [-0.2, -0.15) is 5.10 Å². The van der Waals surface area contributed by atoms with Gasteiger partial charge in [-0.15, -0.1) is 0 Å². The lowest BCUT2D eigenvalue weighted by Gasteiger charge is -2.12. The van der Waals surface area contributed by atoms with Gasteiger partial charge in [-0.25, -0.2) is 5.43 Å². The molecule has 9 heteroatoms. The lowest BCUT2D eigenvalue weighted by Crippen LogP contribution is -2.17. The van der Waals surface area contributed by atoms with Gasteiger partial charge in [-0.05, 0) is 30.3 Å². The molecule has 24 heavy (non-hydrogen) atoms. The minimum atomic E-state index is -0.840. The number of aromatic hydroxyl groups is 1. The van der Waals surface area contributed by atoms with Crippen LogP contribution in [0.15, 0.2) is 41.5 Å². The first-order valence-electron chi connectivity index (χ1n) is 6.58. The zero-order valence-electron chi connectivity index (χ0n) is 12.4. The summed E-state index contributed by atoms with van der Waals surface area (Å²) in [6.07, 6.45) is 1.15. The number of carbonyl (C=O) groups excluding carboxylic acids is 1. The number of rotatable bonds is 5. The molecule has 9 nitrogen and oxygen atoms in total. The van der Waals surface area contributed by atoms with E-state index in [9.17, 15) is 20.0 Å². The van der Waals surface area contributed by atoms with Crippen LogP contribution in [-0.4, -0.2) is 29.3 Å². The number of methoxy groups -OCH3 is 1. The number of nitrogens with one attached hydrogen (secondary N) is 1. The Kier molecular flexibility index (Phi) is 4.95. The maximum Gasteiger partial charge on any atom is 0.271 e. The number of ether oxygens (including phenoxy) is 1. The Balaban J connectivity index is 2.16. The number of hydrogen-bond acceptors (Lipinski definition) is 7. The molecule has 2 N–H and O–H groups in total. The van der Waals surface area contributed by atoms with Crippen LogP contribution in [0.3, 0.4) is 0 Å². The molecule has 0 heterocycles. The van der Waals surface area contributed by atoms with Gasteiger partial charge in [0, 0.05) is 22.9 Å². The van der Waals surface area contributed by atoms with Crippen molar-refractivity contribution >= 4 is 17.8 Å². The summed E-state index contributed by atoms with van der Waals surface area (Å²) in [4.78, 5) is 21.8. The Morgan fingerprint density at radius 1 is 1.33 bits per heavy atom. The van der Waals surface area contributed by atoms with E-state index in [1.54, 1.807) is 0 Å². The molecule has 0 bridgehead atoms. The number of hydrazone groups is 1. The third-order valence-electron chi connectivity index (χ3n) is 2.98. The summed E-state index contributed by atoms with van der Waals surface area (Å²) >= 11 is 0. The second-order valence-electron chi connectivity index (χ2n) is 4.57. The number of nitrogens with zero attached hydrogens (tertiary/aromatic N) is 2. The number of hydrogen-bond donors (Lipinski definition) is 2. The van der Waals surface area contributed by atoms with Gasteiger partial charge in [-0.1, -0.05) is 0 Å². The standard InChI is InChI=1S/C15H13N3O6/c1-24-13-7-9(6-12(14(13)20)18(22)23)8-16-17-15(21)10-2-4-11(19)5-3-10/h2-8,19-20H,1H3,(H,17,21)/p-1. The molecule has 2 aromatic rings. The third kappa shape index (κ3) is 3.77. The first kappa shape index (κ1) is 16.7. The number of phenols is 1. The molecule has 0 fully saturated rings. The van der Waals surface area contributed by atoms with Gasteiger partial charge in [0.1, 0.15) is 11.5 Å². The molecule has 2 aromatic carbocycles. The summed E-state index contributed by atoms with van der Waals surface area (Å²) in [5.41, 5.74) is 2.05. The van der Waals surface area contributed by atoms with Crippen molar-refractivity contribution in [3.63, 3.8) is 0 Å². The normalized spacial score (nSPS) is 10.5. The van der Waals surface area contributed by atoms with Gasteiger partial charge < -0.3 is 14.9 Å². The zero-order valence-corrected chi connectivity index (χ0v) is 12.4. The first-order chi connectivity index (χ1) is 11.4. The van der Waals surface area contributed by atoms with Crippen molar-refractivity contribution < 1.29 is 24.7 Å². The topological polar surface area (TPSA) is 137 Å². The van der Waals surface area contributed by atoms with Gasteiger partial charge in [-0.3, -0.25) is 14.9 Å². The Morgan fingerprint density at radius 2 is 2.00 bits per heavy atom. The SMILES string of the molecule is COc1cc(C=NNC(=O)c2ccc(O)cc2)cc([N+](=O)[O-])c1[O-]. The Hall–Kier alpha value is -3.62. The summed E-state index contributed by atoms with van der Waals surface area (Å²) in [6.45, 7) is 0. The van der Waals surface area contributed by atoms with E-state index < -0.39 is 22.3 Å². The van der Waals surface area contributed by atoms with Crippen LogP contribution in [0.25, 0.3) is 0 Å². The van der Waals surface area contributed by atoms with Crippen molar-refractivity contribution in [3.05, 3.63) is 57.6 Å². The Morgan fingerprint density at radius 3 is 2.58 bits per heavy atom. The molecular formula is C15H12N3O6-. The van der Waals surface area contributed by atoms with Crippen LogP contribution in [0.1, 0.15) is 15.9 Å². The van der Waals surface area contributed by atoms with E-state index in [4.69, 9.17) is 9.84 Å². The van der Waals surface area contributed by atoms with Gasteiger partial charge in [0.05, 0.1) is 18.2 Å². The van der Waals surface area contributed by atoms with Crippen molar-refractivity contribution in [1.82, 2.24) is 5.43 Å². The van der Waals surface area contributed by atoms with Crippen molar-refractivity contribution in [2.24, 2.45) is 5.10 Å². The monoisotopic (exact) mass is 330 g/mol. The lowest BCUT2D eigenvalue weighted by atomic mass is 10.2. The molecule has 0 radical (unpaired) electrons. The minimum absolute atomic E-state index is 0.0205. The fourth-order valence-corrected chi connectivity index (χ4v) is 1.81. The highest BCUT2D eigenvalue weighted by atomic mass is 16.6. The molecule has 2 rings (SSSR count). The van der Waals surface area contributed by atoms with Crippen molar-refractivity contribution in [3.8, 4) is 17.2 Å². The number of nitro benzene ring substituents is 1. The smallest absolute Gasteiger partial charge is 0.271 e. The molecule has 1 amide bonds. The van der Waals surface area contributed by atoms with Gasteiger partial charge >= 0.3 is 0 Å². The maximum atomic E-state index is 11.8. The molecule has 0 aliphatic heterocycles. The zero-order chi connectivity index (χ0) is 17.7. The van der Waals surface area contributed by atoms with Crippen LogP contribution in [0.2, 0.25) is 0 Å². The van der Waals surface area contributed by atoms with Gasteiger partial charge in [0.15, 0.2) is 0 Å². The highest BCUT2D eigenvalue weighted by Gasteiger charge is 2.12. The second-order valence-corrected chi connectivity index (χ2v) is 4.57. The summed E-state index contributed by atoms with van der Waals surface area (Å²) in [7, 11) is 1.22. The first-order valence-corrected chi connectivity index (χ1v) is 6.58. The van der Waals surface area contributed by atoms with Crippen LogP contribution in [0, 0.1) is 10.1 Å². The van der Waals surface area contributed by atoms with E-state index in [0.717, 1.165) is 12.3 Å². The lowest BCUT2D eigenvalue weighted by molar-refractivity contribution is -0.398. The molecule has 0 unspecified atom stereocenters. The van der Waals surface area contributed by atoms with Crippen molar-refractivity contribution in [2.45, 2.75) is 0 Å². The van der Waals surface area contributed by atoms with Gasteiger partial charge in [0.25, 0.3) is 11.6 Å². The molecule has 0 saturated carbocycles. The molecule has 0 aliphatic carbocycles. The number of amides is 1. The van der Waals surface area contributed by atoms with Crippen LogP contribution >= 0.6 is 0 Å². The fraction of sp³-hybridized carbons (Fsp3) is 0.0667. The Bertz CT molecular complexity index is 802. The predicted octanol–water partition coefficient (Wildman–Crippen LogP) is 1.15. The van der Waals surface area contributed by atoms with Gasteiger partial charge in [0.2, 0.25) is 0 Å². The maximum absolute atomic E-state index is 11.8. The van der Waals surface area contributed by atoms with Crippen LogP contribution in [0.5, 0.6) is 17.2 Å². The third-order valence-corrected chi connectivity index (χ3v) is 2.98. The molecule has 0 aromatic heterocycles. The van der Waals surface area contributed by atoms with Crippen LogP contribution < -0.4 is 15.3 Å². The van der Waals surface area contributed by atoms with Crippen molar-refractivity contribution in [1.29, 1.82) is 0 Å². The highest BCUT2D eigenvalue weighted by Crippen LogP contribution is 2.33. The molecule has 0 atom stereocenters. The minimum Gasteiger partial charge on any atom is -0.865 e. The summed E-state index contributed by atoms with van der Waals surface area (Å²) in [6, 6.07) is 7.80. The summed E-state index contributed by atoms with van der Waals surface area (Å²) in [5, 5.41) is 35.4. The van der Waals surface area contributed by atoms with E-state index in [1.807, 2.05) is 0 Å². The second kappa shape index (κ2) is 7.09. The van der Waals surface area contributed by atoms with E-state index in [1.165, 1.54) is 37.4 Å². The average Bonchev–Trinajstić information content (AvgIpc) is 2.56. The molecule has 124 valence electrons. The highest BCUT2D eigenvalue weighted by molar-refractivity contribution is 5.95. The fourth-order valence-electron chi connectivity index (χ4n) is 1.81. The van der Waals surface area contributed by atoms with E-state index in [-0.39, 0.29) is 22.6 Å². The average molecular weight is 330 g/mol. The molecule has 0 saturated heterocycles. The largest absolute Gasteiger partial charge is 0.865 e.